The van der Waals surface area contributed by atoms with Crippen LogP contribution in [0, 0.1) is 0 Å². The smallest absolute Gasteiger partial charge is 0.408 e. The first-order valence-electron chi connectivity index (χ1n) is 15.1. The van der Waals surface area contributed by atoms with Gasteiger partial charge in [-0.25, -0.2) is 19.6 Å². The third kappa shape index (κ3) is 12.5. The molecule has 13 heteroatoms. The highest BCUT2D eigenvalue weighted by Gasteiger charge is 2.25. The van der Waals surface area contributed by atoms with Crippen molar-refractivity contribution in [3.63, 3.8) is 0 Å². The van der Waals surface area contributed by atoms with Gasteiger partial charge in [-0.2, -0.15) is 0 Å². The van der Waals surface area contributed by atoms with Crippen LogP contribution in [0.15, 0.2) is 18.2 Å². The van der Waals surface area contributed by atoms with Gasteiger partial charge in [-0.15, -0.1) is 0 Å². The predicted octanol–water partition coefficient (Wildman–Crippen LogP) is 4.85. The van der Waals surface area contributed by atoms with Crippen LogP contribution in [0.2, 0.25) is 0 Å². The van der Waals surface area contributed by atoms with E-state index in [0.29, 0.717) is 36.9 Å². The van der Waals surface area contributed by atoms with E-state index in [1.807, 2.05) is 13.8 Å². The van der Waals surface area contributed by atoms with Crippen molar-refractivity contribution >= 4 is 52.5 Å². The van der Waals surface area contributed by atoms with E-state index >= 15 is 0 Å². The molecule has 0 bridgehead atoms. The van der Waals surface area contributed by atoms with Gasteiger partial charge >= 0.3 is 12.1 Å². The van der Waals surface area contributed by atoms with Crippen molar-refractivity contribution in [1.29, 1.82) is 0 Å². The molecule has 0 saturated heterocycles. The number of methoxy groups -OCH3 is 1. The molecular weight excluding hydrogens is 568 g/mol. The molecule has 0 fully saturated rings. The Morgan fingerprint density at radius 3 is 2.16 bits per heavy atom. The lowest BCUT2D eigenvalue weighted by Gasteiger charge is -2.22. The second kappa shape index (κ2) is 17.7. The number of anilines is 2. The lowest BCUT2D eigenvalue weighted by molar-refractivity contribution is -0.143. The van der Waals surface area contributed by atoms with Crippen LogP contribution in [-0.4, -0.2) is 65.0 Å². The van der Waals surface area contributed by atoms with Crippen LogP contribution in [-0.2, 0) is 23.9 Å². The van der Waals surface area contributed by atoms with Gasteiger partial charge in [-0.3, -0.25) is 14.4 Å². The summed E-state index contributed by atoms with van der Waals surface area (Å²) >= 11 is 0. The topological polar surface area (TPSA) is 178 Å². The second-order valence-electron chi connectivity index (χ2n) is 11.4. The van der Waals surface area contributed by atoms with E-state index < -0.39 is 29.6 Å². The third-order valence-corrected chi connectivity index (χ3v) is 6.34. The molecule has 1 atom stereocenters. The van der Waals surface area contributed by atoms with Crippen molar-refractivity contribution in [2.24, 2.45) is 0 Å². The van der Waals surface area contributed by atoms with Crippen LogP contribution < -0.4 is 21.3 Å². The van der Waals surface area contributed by atoms with E-state index in [1.165, 1.54) is 7.11 Å². The molecule has 0 aliphatic carbocycles. The Labute approximate surface area is 258 Å². The summed E-state index contributed by atoms with van der Waals surface area (Å²) in [6.07, 6.45) is 4.37. The molecule has 0 spiro atoms. The zero-order valence-electron chi connectivity index (χ0n) is 26.6. The Bertz CT molecular complexity index is 1310. The highest BCUT2D eigenvalue weighted by Crippen LogP contribution is 2.22. The van der Waals surface area contributed by atoms with Gasteiger partial charge < -0.3 is 30.7 Å². The summed E-state index contributed by atoms with van der Waals surface area (Å²) in [6.45, 7) is 9.40. The molecule has 13 nitrogen and oxygen atoms in total. The van der Waals surface area contributed by atoms with Gasteiger partial charge in [0, 0.05) is 24.8 Å². The number of hydrogen-bond donors (Lipinski definition) is 4. The number of unbranched alkanes of at least 4 members (excludes halogenated alkanes) is 3. The molecule has 2 heterocycles. The number of carbonyl (C=O) groups excluding carboxylic acids is 5. The molecule has 0 aromatic carbocycles. The number of esters is 1. The predicted molar refractivity (Wildman–Crippen MR) is 167 cm³/mol. The number of alkyl carbamates (subject to hydrolysis) is 1. The molecule has 44 heavy (non-hydrogen) atoms. The van der Waals surface area contributed by atoms with Gasteiger partial charge in [0.2, 0.25) is 11.8 Å². The minimum atomic E-state index is -0.894. The van der Waals surface area contributed by atoms with E-state index in [1.54, 1.807) is 39.0 Å². The standard InChI is InChI=1S/C31H46N6O7/c1-7-9-14-24(38)34-23-17-16-20-19-21(27(37-26(20)35-23)36-25(39)15-10-8-2)28(40)32-18-12-11-13-22(29(41)43-6)33-30(42)44-31(3,4)5/h16-17,19,22H,7-15,18H2,1-6H3,(H,32,40)(H,33,42)(H2,34,35,36,37,38,39)/t22-/m0/s1. The summed E-state index contributed by atoms with van der Waals surface area (Å²) in [7, 11) is 1.24. The zero-order chi connectivity index (χ0) is 32.7. The van der Waals surface area contributed by atoms with Crippen molar-refractivity contribution in [3.8, 4) is 0 Å². The maximum absolute atomic E-state index is 13.2. The molecule has 2 aromatic rings. The lowest BCUT2D eigenvalue weighted by Crippen LogP contribution is -2.44. The first kappa shape index (κ1) is 35.9. The Morgan fingerprint density at radius 2 is 1.55 bits per heavy atom. The van der Waals surface area contributed by atoms with Crippen molar-refractivity contribution < 1.29 is 33.4 Å². The van der Waals surface area contributed by atoms with Gasteiger partial charge in [0.15, 0.2) is 5.65 Å². The lowest BCUT2D eigenvalue weighted by atomic mass is 10.1. The van der Waals surface area contributed by atoms with Crippen molar-refractivity contribution in [1.82, 2.24) is 20.6 Å². The normalized spacial score (nSPS) is 11.8. The Morgan fingerprint density at radius 1 is 0.886 bits per heavy atom. The highest BCUT2D eigenvalue weighted by molar-refractivity contribution is 6.05. The first-order chi connectivity index (χ1) is 20.9. The number of nitrogens with one attached hydrogen (secondary N) is 4. The van der Waals surface area contributed by atoms with Crippen LogP contribution >= 0.6 is 0 Å². The van der Waals surface area contributed by atoms with E-state index in [4.69, 9.17) is 9.47 Å². The number of carbonyl (C=O) groups is 5. The molecule has 0 saturated carbocycles. The number of amides is 4. The molecular formula is C31H46N6O7. The maximum Gasteiger partial charge on any atom is 0.408 e. The van der Waals surface area contributed by atoms with Crippen molar-refractivity contribution in [2.45, 2.75) is 104 Å². The number of fused-ring (bicyclic) bond motifs is 1. The maximum atomic E-state index is 13.2. The molecule has 0 aliphatic rings. The summed E-state index contributed by atoms with van der Waals surface area (Å²) in [5, 5.41) is 11.4. The summed E-state index contributed by atoms with van der Waals surface area (Å²) in [5.74, 6) is -1.06. The van der Waals surface area contributed by atoms with Gasteiger partial charge in [0.1, 0.15) is 23.3 Å². The summed E-state index contributed by atoms with van der Waals surface area (Å²) < 4.78 is 10.0. The molecule has 0 unspecified atom stereocenters. The fourth-order valence-electron chi connectivity index (χ4n) is 4.08. The second-order valence-corrected chi connectivity index (χ2v) is 11.4. The van der Waals surface area contributed by atoms with Gasteiger partial charge in [0.05, 0.1) is 12.7 Å². The summed E-state index contributed by atoms with van der Waals surface area (Å²) in [5.41, 5.74) is -0.279. The molecule has 4 amide bonds. The van der Waals surface area contributed by atoms with E-state index in [2.05, 4.69) is 31.2 Å². The minimum absolute atomic E-state index is 0.0744. The number of pyridine rings is 2. The Hall–Kier alpha value is -4.29. The SMILES string of the molecule is CCCCC(=O)Nc1ccc2cc(C(=O)NCCCC[C@H](NC(=O)OC(C)(C)C)C(=O)OC)c(NC(=O)CCCC)nc2n1. The number of aromatic nitrogens is 2. The average molecular weight is 615 g/mol. The molecule has 0 radical (unpaired) electrons. The molecule has 4 N–H and O–H groups in total. The van der Waals surface area contributed by atoms with Gasteiger partial charge in [0.25, 0.3) is 5.91 Å². The highest BCUT2D eigenvalue weighted by atomic mass is 16.6. The van der Waals surface area contributed by atoms with Crippen LogP contribution in [0.4, 0.5) is 16.4 Å². The monoisotopic (exact) mass is 614 g/mol. The van der Waals surface area contributed by atoms with Gasteiger partial charge in [-0.1, -0.05) is 26.7 Å². The van der Waals surface area contributed by atoms with Crippen molar-refractivity contribution in [2.75, 3.05) is 24.3 Å². The Kier molecular flexibility index (Phi) is 14.5. The summed E-state index contributed by atoms with van der Waals surface area (Å²) in [4.78, 5) is 71.1. The van der Waals surface area contributed by atoms with Gasteiger partial charge in [-0.05, 0) is 71.1 Å². The fraction of sp³-hybridized carbons (Fsp3) is 0.581. The van der Waals surface area contributed by atoms with E-state index in [0.717, 1.165) is 19.3 Å². The van der Waals surface area contributed by atoms with Crippen LogP contribution in [0.3, 0.4) is 0 Å². The Balaban J connectivity index is 2.11. The quantitative estimate of drug-likeness (QED) is 0.152. The molecule has 2 rings (SSSR count). The molecule has 242 valence electrons. The third-order valence-electron chi connectivity index (χ3n) is 6.34. The van der Waals surface area contributed by atoms with Crippen LogP contribution in [0.5, 0.6) is 0 Å². The van der Waals surface area contributed by atoms with Crippen LogP contribution in [0.1, 0.15) is 103 Å². The molecule has 2 aromatic heterocycles. The van der Waals surface area contributed by atoms with Crippen molar-refractivity contribution in [3.05, 3.63) is 23.8 Å². The molecule has 0 aliphatic heterocycles. The zero-order valence-corrected chi connectivity index (χ0v) is 26.6. The number of ether oxygens (including phenoxy) is 2. The van der Waals surface area contributed by atoms with E-state index in [9.17, 15) is 24.0 Å². The number of hydrogen-bond acceptors (Lipinski definition) is 9. The summed E-state index contributed by atoms with van der Waals surface area (Å²) in [6, 6.07) is 4.04. The fourth-order valence-corrected chi connectivity index (χ4v) is 4.08. The largest absolute Gasteiger partial charge is 0.467 e. The van der Waals surface area contributed by atoms with Crippen LogP contribution in [0.25, 0.3) is 11.0 Å². The number of nitrogens with zero attached hydrogens (tertiary/aromatic N) is 2. The minimum Gasteiger partial charge on any atom is -0.467 e. The number of rotatable bonds is 16. The van der Waals surface area contributed by atoms with E-state index in [-0.39, 0.29) is 48.2 Å². The average Bonchev–Trinajstić information content (AvgIpc) is 2.96. The first-order valence-corrected chi connectivity index (χ1v) is 15.1.